The normalized spacial score (nSPS) is 23.1. The number of aliphatic hydroxyl groups is 1. The number of pyridine rings is 1. The Kier molecular flexibility index (Phi) is 7.42. The Morgan fingerprint density at radius 3 is 2.88 bits per heavy atom. The van der Waals surface area contributed by atoms with E-state index in [9.17, 15) is 5.11 Å². The average Bonchev–Trinajstić information content (AvgIpc) is 2.63. The van der Waals surface area contributed by atoms with Crippen molar-refractivity contribution in [3.63, 3.8) is 0 Å². The van der Waals surface area contributed by atoms with Crippen LogP contribution in [0.1, 0.15) is 6.42 Å². The summed E-state index contributed by atoms with van der Waals surface area (Å²) in [5.74, 6) is 0.774. The molecule has 2 unspecified atom stereocenters. The minimum Gasteiger partial charge on any atom is -0.490 e. The first-order valence-corrected chi connectivity index (χ1v) is 4.79. The molecule has 1 aliphatic rings. The van der Waals surface area contributed by atoms with E-state index in [1.54, 1.807) is 12.4 Å². The molecule has 0 bridgehead atoms. The van der Waals surface area contributed by atoms with Crippen molar-refractivity contribution in [2.75, 3.05) is 13.2 Å². The highest BCUT2D eigenvalue weighted by Crippen LogP contribution is 2.10. The van der Waals surface area contributed by atoms with Crippen LogP contribution in [0, 0.1) is 0 Å². The molecule has 1 aromatic rings. The van der Waals surface area contributed by atoms with Crippen molar-refractivity contribution >= 4 is 24.8 Å². The van der Waals surface area contributed by atoms with Gasteiger partial charge in [0.25, 0.3) is 0 Å². The number of rotatable bonds is 3. The van der Waals surface area contributed by atoms with Crippen molar-refractivity contribution in [1.82, 2.24) is 10.3 Å². The topological polar surface area (TPSA) is 54.4 Å². The maximum absolute atomic E-state index is 9.27. The SMILES string of the molecule is Cl.Cl.OC1CNC(COc2cccnc2)C1. The zero-order chi connectivity index (χ0) is 9.80. The minimum absolute atomic E-state index is 0. The first-order valence-electron chi connectivity index (χ1n) is 4.79. The van der Waals surface area contributed by atoms with E-state index in [2.05, 4.69) is 10.3 Å². The third-order valence-corrected chi connectivity index (χ3v) is 2.28. The Hall–Kier alpha value is -0.550. The molecule has 0 spiro atoms. The molecule has 2 N–H and O–H groups in total. The standard InChI is InChI=1S/C10H14N2O2.2ClH/c13-9-4-8(12-5-9)7-14-10-2-1-3-11-6-10;;/h1-3,6,8-9,12-13H,4-5,7H2;2*1H. The van der Waals surface area contributed by atoms with E-state index in [-0.39, 0.29) is 37.0 Å². The van der Waals surface area contributed by atoms with Crippen LogP contribution in [0.25, 0.3) is 0 Å². The highest BCUT2D eigenvalue weighted by Gasteiger charge is 2.22. The molecule has 0 saturated carbocycles. The molecule has 0 aliphatic carbocycles. The van der Waals surface area contributed by atoms with E-state index < -0.39 is 0 Å². The van der Waals surface area contributed by atoms with Crippen LogP contribution in [0.5, 0.6) is 5.75 Å². The van der Waals surface area contributed by atoms with Gasteiger partial charge in [0, 0.05) is 18.8 Å². The average molecular weight is 267 g/mol. The summed E-state index contributed by atoms with van der Waals surface area (Å²) in [5, 5.41) is 12.4. The second kappa shape index (κ2) is 7.68. The Balaban J connectivity index is 0.00000112. The summed E-state index contributed by atoms with van der Waals surface area (Å²) in [7, 11) is 0. The number of β-amino-alcohol motifs (C(OH)–C–C–N with tert-alkyl or cyclic N) is 1. The monoisotopic (exact) mass is 266 g/mol. The number of hydrogen-bond donors (Lipinski definition) is 2. The van der Waals surface area contributed by atoms with Crippen LogP contribution in [-0.2, 0) is 0 Å². The Morgan fingerprint density at radius 2 is 2.31 bits per heavy atom. The molecule has 0 aromatic carbocycles. The van der Waals surface area contributed by atoms with Gasteiger partial charge in [0.15, 0.2) is 0 Å². The van der Waals surface area contributed by atoms with Crippen LogP contribution < -0.4 is 10.1 Å². The molecule has 0 amide bonds. The fraction of sp³-hybridized carbons (Fsp3) is 0.500. The molecule has 16 heavy (non-hydrogen) atoms. The van der Waals surface area contributed by atoms with E-state index in [4.69, 9.17) is 4.74 Å². The fourth-order valence-corrected chi connectivity index (χ4v) is 1.55. The van der Waals surface area contributed by atoms with E-state index >= 15 is 0 Å². The zero-order valence-electron chi connectivity index (χ0n) is 8.70. The molecular weight excluding hydrogens is 251 g/mol. The highest BCUT2D eigenvalue weighted by atomic mass is 35.5. The highest BCUT2D eigenvalue weighted by molar-refractivity contribution is 5.85. The molecule has 4 nitrogen and oxygen atoms in total. The van der Waals surface area contributed by atoms with Gasteiger partial charge in [-0.3, -0.25) is 4.98 Å². The van der Waals surface area contributed by atoms with Gasteiger partial charge in [-0.1, -0.05) is 0 Å². The lowest BCUT2D eigenvalue weighted by atomic mass is 10.2. The number of aliphatic hydroxyl groups excluding tert-OH is 1. The van der Waals surface area contributed by atoms with Crippen LogP contribution >= 0.6 is 24.8 Å². The lowest BCUT2D eigenvalue weighted by Gasteiger charge is -2.11. The quantitative estimate of drug-likeness (QED) is 0.858. The van der Waals surface area contributed by atoms with Gasteiger partial charge in [0.1, 0.15) is 12.4 Å². The van der Waals surface area contributed by atoms with Crippen molar-refractivity contribution in [2.24, 2.45) is 0 Å². The number of nitrogens with one attached hydrogen (secondary N) is 1. The summed E-state index contributed by atoms with van der Waals surface area (Å²) in [5.41, 5.74) is 0. The van der Waals surface area contributed by atoms with E-state index in [0.29, 0.717) is 13.2 Å². The molecule has 2 heterocycles. The van der Waals surface area contributed by atoms with E-state index in [1.807, 2.05) is 12.1 Å². The van der Waals surface area contributed by atoms with Crippen LogP contribution in [0.15, 0.2) is 24.5 Å². The molecule has 1 saturated heterocycles. The van der Waals surface area contributed by atoms with Gasteiger partial charge < -0.3 is 15.2 Å². The smallest absolute Gasteiger partial charge is 0.137 e. The van der Waals surface area contributed by atoms with Crippen molar-refractivity contribution in [1.29, 1.82) is 0 Å². The molecule has 6 heteroatoms. The predicted molar refractivity (Wildman–Crippen MR) is 66.6 cm³/mol. The van der Waals surface area contributed by atoms with E-state index in [1.165, 1.54) is 0 Å². The molecule has 0 radical (unpaired) electrons. The van der Waals surface area contributed by atoms with Gasteiger partial charge in [-0.2, -0.15) is 0 Å². The van der Waals surface area contributed by atoms with Crippen LogP contribution in [0.3, 0.4) is 0 Å². The Bertz CT molecular complexity index is 287. The van der Waals surface area contributed by atoms with Crippen molar-refractivity contribution in [2.45, 2.75) is 18.6 Å². The molecule has 2 rings (SSSR count). The number of aromatic nitrogens is 1. The third kappa shape index (κ3) is 4.53. The van der Waals surface area contributed by atoms with Gasteiger partial charge in [0.2, 0.25) is 0 Å². The van der Waals surface area contributed by atoms with Gasteiger partial charge in [0.05, 0.1) is 12.3 Å². The largest absolute Gasteiger partial charge is 0.490 e. The molecule has 1 aromatic heterocycles. The second-order valence-electron chi connectivity index (χ2n) is 3.49. The summed E-state index contributed by atoms with van der Waals surface area (Å²) < 4.78 is 5.50. The lowest BCUT2D eigenvalue weighted by Crippen LogP contribution is -2.28. The Morgan fingerprint density at radius 1 is 1.50 bits per heavy atom. The van der Waals surface area contributed by atoms with Gasteiger partial charge in [-0.15, -0.1) is 24.8 Å². The lowest BCUT2D eigenvalue weighted by molar-refractivity contribution is 0.187. The number of hydrogen-bond acceptors (Lipinski definition) is 4. The maximum Gasteiger partial charge on any atom is 0.137 e. The van der Waals surface area contributed by atoms with Gasteiger partial charge >= 0.3 is 0 Å². The summed E-state index contributed by atoms with van der Waals surface area (Å²) in [4.78, 5) is 3.95. The summed E-state index contributed by atoms with van der Waals surface area (Å²) >= 11 is 0. The Labute approximate surface area is 107 Å². The van der Waals surface area contributed by atoms with Gasteiger partial charge in [-0.05, 0) is 18.6 Å². The van der Waals surface area contributed by atoms with E-state index in [0.717, 1.165) is 12.2 Å². The first-order chi connectivity index (χ1) is 6.84. The number of ether oxygens (including phenoxy) is 1. The molecule has 1 fully saturated rings. The zero-order valence-corrected chi connectivity index (χ0v) is 10.3. The molecule has 2 atom stereocenters. The number of halogens is 2. The summed E-state index contributed by atoms with van der Waals surface area (Å²) in [6, 6.07) is 3.97. The molecule has 92 valence electrons. The maximum atomic E-state index is 9.27. The molecule has 1 aliphatic heterocycles. The fourth-order valence-electron chi connectivity index (χ4n) is 1.55. The van der Waals surface area contributed by atoms with Crippen LogP contribution in [-0.4, -0.2) is 35.4 Å². The van der Waals surface area contributed by atoms with Crippen molar-refractivity contribution < 1.29 is 9.84 Å². The van der Waals surface area contributed by atoms with Crippen LogP contribution in [0.4, 0.5) is 0 Å². The molecular formula is C10H16Cl2N2O2. The number of nitrogens with zero attached hydrogens (tertiary/aromatic N) is 1. The van der Waals surface area contributed by atoms with Crippen molar-refractivity contribution in [3.8, 4) is 5.75 Å². The first kappa shape index (κ1) is 15.4. The summed E-state index contributed by atoms with van der Waals surface area (Å²) in [6.07, 6.45) is 3.94. The minimum atomic E-state index is -0.225. The van der Waals surface area contributed by atoms with Crippen LogP contribution in [0.2, 0.25) is 0 Å². The predicted octanol–water partition coefficient (Wildman–Crippen LogP) is 1.03. The third-order valence-electron chi connectivity index (χ3n) is 2.28. The second-order valence-corrected chi connectivity index (χ2v) is 3.49. The van der Waals surface area contributed by atoms with Gasteiger partial charge in [-0.25, -0.2) is 0 Å². The summed E-state index contributed by atoms with van der Waals surface area (Å²) in [6.45, 7) is 1.25. The van der Waals surface area contributed by atoms with Crippen molar-refractivity contribution in [3.05, 3.63) is 24.5 Å².